The van der Waals surface area contributed by atoms with E-state index in [1.54, 1.807) is 27.3 Å². The molecule has 0 spiro atoms. The molecule has 1 aliphatic heterocycles. The molecule has 10 heteroatoms. The van der Waals surface area contributed by atoms with Gasteiger partial charge in [0.2, 0.25) is 5.91 Å². The van der Waals surface area contributed by atoms with Crippen molar-refractivity contribution in [3.05, 3.63) is 24.9 Å². The molecule has 0 aromatic carbocycles. The Morgan fingerprint density at radius 3 is 2.43 bits per heavy atom. The summed E-state index contributed by atoms with van der Waals surface area (Å²) in [6.07, 6.45) is 1.36. The number of halogens is 4. The highest BCUT2D eigenvalue weighted by Crippen LogP contribution is 2.37. The second-order valence-corrected chi connectivity index (χ2v) is 11.0. The van der Waals surface area contributed by atoms with Crippen molar-refractivity contribution in [1.82, 2.24) is 14.8 Å². The maximum Gasteiger partial charge on any atom is 0.392 e. The Morgan fingerprint density at radius 1 is 1.30 bits per heavy atom. The minimum atomic E-state index is -4.34. The zero-order chi connectivity index (χ0) is 28.3. The molecule has 0 radical (unpaired) electrons. The maximum atomic E-state index is 13.4. The number of ether oxygens (including phenoxy) is 1. The fourth-order valence-corrected chi connectivity index (χ4v) is 5.36. The number of amides is 1. The van der Waals surface area contributed by atoms with Crippen LogP contribution in [-0.4, -0.2) is 77.6 Å². The van der Waals surface area contributed by atoms with Gasteiger partial charge >= 0.3 is 6.18 Å². The second-order valence-electron chi connectivity index (χ2n) is 9.85. The van der Waals surface area contributed by atoms with Crippen LogP contribution >= 0.6 is 15.9 Å². The summed E-state index contributed by atoms with van der Waals surface area (Å²) in [7, 11) is 3.30. The quantitative estimate of drug-likeness (QED) is 0.108. The highest BCUT2D eigenvalue weighted by Gasteiger charge is 2.43. The van der Waals surface area contributed by atoms with Crippen molar-refractivity contribution in [2.45, 2.75) is 89.6 Å². The van der Waals surface area contributed by atoms with Gasteiger partial charge in [-0.25, -0.2) is 0 Å². The van der Waals surface area contributed by atoms with E-state index in [0.29, 0.717) is 19.4 Å². The molecule has 37 heavy (non-hydrogen) atoms. The molecular weight excluding hydrogens is 549 g/mol. The molecule has 1 amide bonds. The van der Waals surface area contributed by atoms with Crippen LogP contribution in [0.2, 0.25) is 0 Å². The average molecular weight is 596 g/mol. The van der Waals surface area contributed by atoms with E-state index in [9.17, 15) is 18.0 Å². The van der Waals surface area contributed by atoms with Gasteiger partial charge in [0.05, 0.1) is 5.92 Å². The molecule has 6 nitrogen and oxygen atoms in total. The lowest BCUT2D eigenvalue weighted by Crippen LogP contribution is -2.52. The summed E-state index contributed by atoms with van der Waals surface area (Å²) in [5.41, 5.74) is 1.16. The van der Waals surface area contributed by atoms with Crippen molar-refractivity contribution in [3.63, 3.8) is 0 Å². The molecule has 0 aromatic heterocycles. The molecule has 1 aliphatic rings. The van der Waals surface area contributed by atoms with Crippen LogP contribution < -0.4 is 0 Å². The van der Waals surface area contributed by atoms with Crippen LogP contribution in [0.1, 0.15) is 66.2 Å². The van der Waals surface area contributed by atoms with Crippen molar-refractivity contribution in [2.75, 3.05) is 27.2 Å². The minimum Gasteiger partial charge on any atom is -0.361 e. The maximum absolute atomic E-state index is 13.4. The third-order valence-corrected chi connectivity index (χ3v) is 8.53. The zero-order valence-corrected chi connectivity index (χ0v) is 24.9. The van der Waals surface area contributed by atoms with Crippen molar-refractivity contribution in [2.24, 2.45) is 22.9 Å². The Bertz CT molecular complexity index is 764. The van der Waals surface area contributed by atoms with E-state index in [1.807, 2.05) is 18.1 Å². The number of rotatable bonds is 17. The number of hydrogen-bond donors (Lipinski definition) is 0. The highest BCUT2D eigenvalue weighted by atomic mass is 79.9. The number of allylic oxidation sites excluding steroid dienone is 1. The number of carbonyl (C=O) groups excluding carboxylic acids is 1. The zero-order valence-electron chi connectivity index (χ0n) is 23.3. The lowest BCUT2D eigenvalue weighted by molar-refractivity contribution is -0.176. The average Bonchev–Trinajstić information content (AvgIpc) is 3.25. The molecule has 6 atom stereocenters. The van der Waals surface area contributed by atoms with Gasteiger partial charge in [-0.1, -0.05) is 55.4 Å². The van der Waals surface area contributed by atoms with Crippen molar-refractivity contribution in [1.29, 1.82) is 0 Å². The van der Waals surface area contributed by atoms with Gasteiger partial charge in [-0.05, 0) is 45.2 Å². The number of alkyl halides is 4. The largest absolute Gasteiger partial charge is 0.392 e. The molecule has 5 unspecified atom stereocenters. The SMILES string of the molecule is C=CN(C(OC)[C@H](C)CCN(C)C(=O)CCC(C(Br)CC)C(F)(F)F)C1C(CC(=C)CC)C=NN1CC. The Labute approximate surface area is 230 Å². The van der Waals surface area contributed by atoms with E-state index in [0.717, 1.165) is 25.0 Å². The lowest BCUT2D eigenvalue weighted by Gasteiger charge is -2.43. The van der Waals surface area contributed by atoms with Crippen LogP contribution in [0.4, 0.5) is 13.2 Å². The van der Waals surface area contributed by atoms with Crippen LogP contribution in [0.5, 0.6) is 0 Å². The minimum absolute atomic E-state index is 0.0162. The third-order valence-electron chi connectivity index (χ3n) is 7.24. The number of hydrogen-bond acceptors (Lipinski definition) is 5. The van der Waals surface area contributed by atoms with E-state index in [2.05, 4.69) is 52.9 Å². The summed E-state index contributed by atoms with van der Waals surface area (Å²) in [5, 5.41) is 6.62. The van der Waals surface area contributed by atoms with Crippen LogP contribution in [0.3, 0.4) is 0 Å². The molecule has 0 aliphatic carbocycles. The third kappa shape index (κ3) is 9.61. The first-order chi connectivity index (χ1) is 17.4. The molecule has 0 N–H and O–H groups in total. The normalized spacial score (nSPS) is 20.9. The van der Waals surface area contributed by atoms with Crippen LogP contribution in [-0.2, 0) is 9.53 Å². The molecule has 0 saturated carbocycles. The van der Waals surface area contributed by atoms with Gasteiger partial charge in [-0.15, -0.1) is 0 Å². The smallest absolute Gasteiger partial charge is 0.361 e. The Hall–Kier alpha value is -1.55. The van der Waals surface area contributed by atoms with Gasteiger partial charge in [-0.2, -0.15) is 18.3 Å². The van der Waals surface area contributed by atoms with Crippen molar-refractivity contribution in [3.8, 4) is 0 Å². The first-order valence-corrected chi connectivity index (χ1v) is 14.1. The number of carbonyl (C=O) groups is 1. The summed E-state index contributed by atoms with van der Waals surface area (Å²) in [6, 6.07) is 0. The second kappa shape index (κ2) is 15.8. The summed E-state index contributed by atoms with van der Waals surface area (Å²) in [4.78, 5) is 15.6. The highest BCUT2D eigenvalue weighted by molar-refractivity contribution is 9.09. The Kier molecular flexibility index (Phi) is 14.3. The topological polar surface area (TPSA) is 48.4 Å². The Morgan fingerprint density at radius 2 is 1.95 bits per heavy atom. The first kappa shape index (κ1) is 33.5. The van der Waals surface area contributed by atoms with E-state index >= 15 is 0 Å². The number of hydrazone groups is 1. The van der Waals surface area contributed by atoms with Gasteiger partial charge in [0.15, 0.2) is 0 Å². The van der Waals surface area contributed by atoms with E-state index in [4.69, 9.17) is 4.74 Å². The van der Waals surface area contributed by atoms with Gasteiger partial charge in [-0.3, -0.25) is 9.80 Å². The molecule has 1 heterocycles. The molecule has 0 saturated heterocycles. The number of methoxy groups -OCH3 is 1. The lowest BCUT2D eigenvalue weighted by atomic mass is 9.95. The molecule has 214 valence electrons. The molecular formula is C27H46BrF3N4O2. The van der Waals surface area contributed by atoms with Crippen molar-refractivity contribution >= 4 is 28.1 Å². The Balaban J connectivity index is 2.82. The van der Waals surface area contributed by atoms with Gasteiger partial charge in [0.1, 0.15) is 12.4 Å². The van der Waals surface area contributed by atoms with E-state index in [1.165, 1.54) is 4.90 Å². The summed E-state index contributed by atoms with van der Waals surface area (Å²) < 4.78 is 46.1. The van der Waals surface area contributed by atoms with Gasteiger partial charge in [0.25, 0.3) is 0 Å². The van der Waals surface area contributed by atoms with Crippen molar-refractivity contribution < 1.29 is 22.7 Å². The predicted octanol–water partition coefficient (Wildman–Crippen LogP) is 6.64. The first-order valence-electron chi connectivity index (χ1n) is 13.2. The monoisotopic (exact) mass is 594 g/mol. The summed E-state index contributed by atoms with van der Waals surface area (Å²) in [6.45, 7) is 17.3. The van der Waals surface area contributed by atoms with Gasteiger partial charge < -0.3 is 14.5 Å². The summed E-state index contributed by atoms with van der Waals surface area (Å²) in [5.74, 6) is -1.67. The van der Waals surface area contributed by atoms with E-state index < -0.39 is 16.9 Å². The van der Waals surface area contributed by atoms with Gasteiger partial charge in [0, 0.05) is 56.5 Å². The molecule has 0 aromatic rings. The van der Waals surface area contributed by atoms with Crippen LogP contribution in [0.15, 0.2) is 30.0 Å². The van der Waals surface area contributed by atoms with E-state index in [-0.39, 0.29) is 43.0 Å². The van der Waals surface area contributed by atoms with Crippen LogP contribution in [0.25, 0.3) is 0 Å². The van der Waals surface area contributed by atoms with Crippen LogP contribution in [0, 0.1) is 17.8 Å². The molecule has 0 bridgehead atoms. The summed E-state index contributed by atoms with van der Waals surface area (Å²) >= 11 is 3.13. The predicted molar refractivity (Wildman–Crippen MR) is 148 cm³/mol. The molecule has 0 fully saturated rings. The molecule has 1 rings (SSSR count). The number of nitrogens with zero attached hydrogens (tertiary/aromatic N) is 4. The fourth-order valence-electron chi connectivity index (χ4n) is 4.80. The standard InChI is InChI=1S/C27H46BrF3N4O2/c1-9-19(5)17-21-18-32-35(12-4)25(21)34(11-3)26(37-8)20(6)15-16-33(7)24(36)14-13-22(23(28)10-2)27(29,30)31/h11,18,20-23,25-26H,3,5,9-10,12-17H2,1-2,4,6-8H3/t20-,21?,22?,23?,25?,26?/m1/s1. The fraction of sp³-hybridized carbons (Fsp3) is 0.778.